The molecule has 0 N–H and O–H groups in total. The standard InChI is InChI=1S/C21H24N4OS/c1-16-13-22-8-7-20(16)25-11-9-24(10-12-25)14-18-15-27-21(23-18)17-3-5-19(26-2)6-4-17/h3-8,13,15H,9-12,14H2,1-2H3. The maximum Gasteiger partial charge on any atom is 0.123 e. The van der Waals surface area contributed by atoms with E-state index in [1.54, 1.807) is 18.4 Å². The smallest absolute Gasteiger partial charge is 0.123 e. The Morgan fingerprint density at radius 2 is 1.85 bits per heavy atom. The molecule has 0 amide bonds. The first-order valence-corrected chi connectivity index (χ1v) is 10.1. The highest BCUT2D eigenvalue weighted by molar-refractivity contribution is 7.13. The van der Waals surface area contributed by atoms with E-state index in [4.69, 9.17) is 9.72 Å². The molecule has 1 aliphatic rings. The fraction of sp³-hybridized carbons (Fsp3) is 0.333. The Kier molecular flexibility index (Phi) is 5.36. The molecule has 3 aromatic rings. The lowest BCUT2D eigenvalue weighted by Crippen LogP contribution is -2.46. The van der Waals surface area contributed by atoms with Crippen LogP contribution >= 0.6 is 11.3 Å². The number of thiazole rings is 1. The minimum atomic E-state index is 0.873. The number of piperazine rings is 1. The van der Waals surface area contributed by atoms with Gasteiger partial charge in [-0.05, 0) is 42.8 Å². The number of benzene rings is 1. The molecule has 0 unspecified atom stereocenters. The highest BCUT2D eigenvalue weighted by atomic mass is 32.1. The average Bonchev–Trinajstić information content (AvgIpc) is 3.18. The number of ether oxygens (including phenoxy) is 1. The molecule has 0 aliphatic carbocycles. The van der Waals surface area contributed by atoms with E-state index < -0.39 is 0 Å². The molecular formula is C21H24N4OS. The molecule has 0 radical (unpaired) electrons. The highest BCUT2D eigenvalue weighted by Gasteiger charge is 2.19. The van der Waals surface area contributed by atoms with Crippen molar-refractivity contribution in [2.24, 2.45) is 0 Å². The minimum absolute atomic E-state index is 0.873. The molecule has 2 aromatic heterocycles. The lowest BCUT2D eigenvalue weighted by atomic mass is 10.2. The molecule has 0 saturated carbocycles. The van der Waals surface area contributed by atoms with E-state index in [9.17, 15) is 0 Å². The van der Waals surface area contributed by atoms with Crippen molar-refractivity contribution in [3.8, 4) is 16.3 Å². The summed E-state index contributed by atoms with van der Waals surface area (Å²) in [5.41, 5.74) is 4.85. The third kappa shape index (κ3) is 4.12. The molecule has 6 heteroatoms. The van der Waals surface area contributed by atoms with Gasteiger partial charge < -0.3 is 9.64 Å². The summed E-state index contributed by atoms with van der Waals surface area (Å²) >= 11 is 1.71. The van der Waals surface area contributed by atoms with Gasteiger partial charge in [0, 0.05) is 61.7 Å². The number of aromatic nitrogens is 2. The lowest BCUT2D eigenvalue weighted by molar-refractivity contribution is 0.247. The Morgan fingerprint density at radius 1 is 1.07 bits per heavy atom. The summed E-state index contributed by atoms with van der Waals surface area (Å²) < 4.78 is 5.23. The Hall–Kier alpha value is -2.44. The number of anilines is 1. The van der Waals surface area contributed by atoms with E-state index >= 15 is 0 Å². The first-order valence-electron chi connectivity index (χ1n) is 9.19. The third-order valence-corrected chi connectivity index (χ3v) is 5.92. The van der Waals surface area contributed by atoms with Crippen LogP contribution in [-0.4, -0.2) is 48.2 Å². The van der Waals surface area contributed by atoms with Gasteiger partial charge >= 0.3 is 0 Å². The van der Waals surface area contributed by atoms with Crippen molar-refractivity contribution in [3.05, 3.63) is 59.4 Å². The fourth-order valence-electron chi connectivity index (χ4n) is 3.44. The Balaban J connectivity index is 1.35. The number of rotatable bonds is 5. The molecule has 1 fully saturated rings. The second-order valence-electron chi connectivity index (χ2n) is 6.80. The van der Waals surface area contributed by atoms with Crippen LogP contribution in [0.4, 0.5) is 5.69 Å². The Bertz CT molecular complexity index is 885. The molecule has 140 valence electrons. The average molecular weight is 381 g/mol. The van der Waals surface area contributed by atoms with Crippen LogP contribution in [0.5, 0.6) is 5.75 Å². The second-order valence-corrected chi connectivity index (χ2v) is 7.66. The van der Waals surface area contributed by atoms with Crippen molar-refractivity contribution >= 4 is 17.0 Å². The van der Waals surface area contributed by atoms with Crippen molar-refractivity contribution in [3.63, 3.8) is 0 Å². The molecule has 1 aromatic carbocycles. The Labute approximate surface area is 164 Å². The number of pyridine rings is 1. The Morgan fingerprint density at radius 3 is 2.56 bits per heavy atom. The SMILES string of the molecule is COc1ccc(-c2nc(CN3CCN(c4ccncc4C)CC3)cs2)cc1. The first kappa shape index (κ1) is 17.9. The van der Waals surface area contributed by atoms with Gasteiger partial charge in [0.2, 0.25) is 0 Å². The maximum atomic E-state index is 5.23. The largest absolute Gasteiger partial charge is 0.497 e. The number of aryl methyl sites for hydroxylation is 1. The summed E-state index contributed by atoms with van der Waals surface area (Å²) in [5, 5.41) is 3.25. The number of hydrogen-bond donors (Lipinski definition) is 0. The van der Waals surface area contributed by atoms with Crippen LogP contribution in [0.15, 0.2) is 48.1 Å². The summed E-state index contributed by atoms with van der Waals surface area (Å²) in [5.74, 6) is 0.873. The number of nitrogens with zero attached hydrogens (tertiary/aromatic N) is 4. The van der Waals surface area contributed by atoms with E-state index in [1.807, 2.05) is 24.5 Å². The zero-order chi connectivity index (χ0) is 18.6. The molecule has 1 saturated heterocycles. The van der Waals surface area contributed by atoms with Crippen LogP contribution in [0.25, 0.3) is 10.6 Å². The van der Waals surface area contributed by atoms with Crippen molar-refractivity contribution in [2.45, 2.75) is 13.5 Å². The molecule has 0 atom stereocenters. The zero-order valence-electron chi connectivity index (χ0n) is 15.8. The van der Waals surface area contributed by atoms with Gasteiger partial charge in [-0.2, -0.15) is 0 Å². The van der Waals surface area contributed by atoms with Gasteiger partial charge in [-0.25, -0.2) is 4.98 Å². The van der Waals surface area contributed by atoms with Crippen LogP contribution in [0.3, 0.4) is 0 Å². The molecule has 0 bridgehead atoms. The molecule has 1 aliphatic heterocycles. The summed E-state index contributed by atoms with van der Waals surface area (Å²) in [7, 11) is 1.69. The van der Waals surface area contributed by atoms with Gasteiger partial charge in [-0.1, -0.05) is 0 Å². The van der Waals surface area contributed by atoms with Gasteiger partial charge in [-0.15, -0.1) is 11.3 Å². The predicted molar refractivity (Wildman–Crippen MR) is 111 cm³/mol. The summed E-state index contributed by atoms with van der Waals surface area (Å²) in [6.45, 7) is 7.23. The summed E-state index contributed by atoms with van der Waals surface area (Å²) in [4.78, 5) is 14.0. The first-order chi connectivity index (χ1) is 13.2. The van der Waals surface area contributed by atoms with Crippen LogP contribution in [0.1, 0.15) is 11.3 Å². The van der Waals surface area contributed by atoms with E-state index in [2.05, 4.69) is 45.3 Å². The molecule has 5 nitrogen and oxygen atoms in total. The van der Waals surface area contributed by atoms with Gasteiger partial charge in [0.05, 0.1) is 12.8 Å². The molecule has 0 spiro atoms. The molecular weight excluding hydrogens is 356 g/mol. The van der Waals surface area contributed by atoms with Crippen molar-refractivity contribution in [2.75, 3.05) is 38.2 Å². The van der Waals surface area contributed by atoms with Crippen LogP contribution in [-0.2, 0) is 6.54 Å². The third-order valence-electron chi connectivity index (χ3n) is 4.98. The fourth-order valence-corrected chi connectivity index (χ4v) is 4.26. The van der Waals surface area contributed by atoms with Crippen LogP contribution in [0.2, 0.25) is 0 Å². The van der Waals surface area contributed by atoms with Gasteiger partial charge in [0.1, 0.15) is 10.8 Å². The van der Waals surface area contributed by atoms with Gasteiger partial charge in [0.15, 0.2) is 0 Å². The van der Waals surface area contributed by atoms with Crippen molar-refractivity contribution in [1.82, 2.24) is 14.9 Å². The summed E-state index contributed by atoms with van der Waals surface area (Å²) in [6.07, 6.45) is 3.82. The number of methoxy groups -OCH3 is 1. The predicted octanol–water partition coefficient (Wildman–Crippen LogP) is 3.84. The zero-order valence-corrected chi connectivity index (χ0v) is 16.6. The normalized spacial score (nSPS) is 15.1. The van der Waals surface area contributed by atoms with Crippen LogP contribution in [0, 0.1) is 6.92 Å². The topological polar surface area (TPSA) is 41.5 Å². The van der Waals surface area contributed by atoms with E-state index in [1.165, 1.54) is 11.3 Å². The van der Waals surface area contributed by atoms with Crippen molar-refractivity contribution in [1.29, 1.82) is 0 Å². The lowest BCUT2D eigenvalue weighted by Gasteiger charge is -2.36. The van der Waals surface area contributed by atoms with Crippen LogP contribution < -0.4 is 9.64 Å². The van der Waals surface area contributed by atoms with E-state index in [0.717, 1.165) is 54.7 Å². The molecule has 27 heavy (non-hydrogen) atoms. The maximum absolute atomic E-state index is 5.23. The summed E-state index contributed by atoms with van der Waals surface area (Å²) in [6, 6.07) is 10.2. The molecule has 4 rings (SSSR count). The quantitative estimate of drug-likeness (QED) is 0.673. The van der Waals surface area contributed by atoms with E-state index in [0.29, 0.717) is 0 Å². The monoisotopic (exact) mass is 380 g/mol. The van der Waals surface area contributed by atoms with Gasteiger partial charge in [-0.3, -0.25) is 9.88 Å². The van der Waals surface area contributed by atoms with E-state index in [-0.39, 0.29) is 0 Å². The number of hydrogen-bond acceptors (Lipinski definition) is 6. The minimum Gasteiger partial charge on any atom is -0.497 e. The van der Waals surface area contributed by atoms with Gasteiger partial charge in [0.25, 0.3) is 0 Å². The highest BCUT2D eigenvalue weighted by Crippen LogP contribution is 2.26. The molecule has 3 heterocycles. The van der Waals surface area contributed by atoms with Crippen molar-refractivity contribution < 1.29 is 4.74 Å². The second kappa shape index (κ2) is 8.06.